The van der Waals surface area contributed by atoms with Gasteiger partial charge >= 0.3 is 0 Å². The van der Waals surface area contributed by atoms with Gasteiger partial charge in [0.1, 0.15) is 11.5 Å². The second kappa shape index (κ2) is 5.38. The number of phenolic OH excluding ortho intramolecular Hbond substituents is 2. The van der Waals surface area contributed by atoms with E-state index in [0.717, 1.165) is 17.8 Å². The van der Waals surface area contributed by atoms with Crippen molar-refractivity contribution in [3.63, 3.8) is 0 Å². The zero-order valence-electron chi connectivity index (χ0n) is 12.6. The first kappa shape index (κ1) is 14.3. The molecule has 0 atom stereocenters. The molecule has 3 heterocycles. The Bertz CT molecular complexity index is 949. The monoisotopic (exact) mass is 322 g/mol. The van der Waals surface area contributed by atoms with Gasteiger partial charge in [-0.2, -0.15) is 0 Å². The Balaban J connectivity index is 1.77. The molecule has 3 aromatic rings. The largest absolute Gasteiger partial charge is 0.508 e. The lowest BCUT2D eigenvalue weighted by molar-refractivity contribution is 0.0946. The normalized spacial score (nSPS) is 13.4. The molecular weight excluding hydrogens is 308 g/mol. The van der Waals surface area contributed by atoms with Crippen molar-refractivity contribution in [2.45, 2.75) is 6.42 Å². The summed E-state index contributed by atoms with van der Waals surface area (Å²) in [7, 11) is 0. The number of hydrogen-bond donors (Lipinski definition) is 4. The fraction of sp³-hybridized carbons (Fsp3) is 0.118. The van der Waals surface area contributed by atoms with Crippen LogP contribution in [0, 0.1) is 0 Å². The van der Waals surface area contributed by atoms with E-state index >= 15 is 0 Å². The Labute approximate surface area is 137 Å². The van der Waals surface area contributed by atoms with Gasteiger partial charge in [-0.25, -0.2) is 9.97 Å². The van der Waals surface area contributed by atoms with Crippen LogP contribution < -0.4 is 5.32 Å². The molecule has 24 heavy (non-hydrogen) atoms. The molecule has 4 N–H and O–H groups in total. The predicted octanol–water partition coefficient (Wildman–Crippen LogP) is 1.84. The molecule has 0 radical (unpaired) electrons. The number of aromatic hydroxyl groups is 2. The van der Waals surface area contributed by atoms with Crippen LogP contribution in [0.2, 0.25) is 0 Å². The molecule has 1 aliphatic heterocycles. The summed E-state index contributed by atoms with van der Waals surface area (Å²) in [6, 6.07) is 7.76. The number of aromatic nitrogens is 3. The lowest BCUT2D eigenvalue weighted by Gasteiger charge is -2.10. The smallest absolute Gasteiger partial charge is 0.253 e. The third-order valence-corrected chi connectivity index (χ3v) is 3.96. The zero-order valence-corrected chi connectivity index (χ0v) is 12.6. The van der Waals surface area contributed by atoms with E-state index in [1.807, 2.05) is 0 Å². The molecule has 2 aromatic heterocycles. The van der Waals surface area contributed by atoms with Crippen LogP contribution in [-0.4, -0.2) is 37.6 Å². The minimum atomic E-state index is -0.0997. The number of rotatable bonds is 2. The van der Waals surface area contributed by atoms with Crippen LogP contribution in [0.1, 0.15) is 16.1 Å². The Morgan fingerprint density at radius 2 is 1.96 bits per heavy atom. The highest BCUT2D eigenvalue weighted by molar-refractivity contribution is 5.97. The van der Waals surface area contributed by atoms with Crippen LogP contribution in [-0.2, 0) is 6.42 Å². The van der Waals surface area contributed by atoms with Gasteiger partial charge in [-0.15, -0.1) is 0 Å². The molecule has 0 saturated carbocycles. The summed E-state index contributed by atoms with van der Waals surface area (Å²) in [5, 5.41) is 22.2. The van der Waals surface area contributed by atoms with Gasteiger partial charge in [-0.05, 0) is 24.3 Å². The summed E-state index contributed by atoms with van der Waals surface area (Å²) >= 11 is 0. The van der Waals surface area contributed by atoms with Gasteiger partial charge in [0.2, 0.25) is 0 Å². The number of phenols is 2. The van der Waals surface area contributed by atoms with Crippen LogP contribution in [0.4, 0.5) is 0 Å². The number of nitrogens with one attached hydrogen (secondary N) is 2. The minimum Gasteiger partial charge on any atom is -0.508 e. The predicted molar refractivity (Wildman–Crippen MR) is 86.6 cm³/mol. The van der Waals surface area contributed by atoms with Crippen LogP contribution in [0.15, 0.2) is 36.5 Å². The molecule has 0 saturated heterocycles. The number of amides is 1. The highest BCUT2D eigenvalue weighted by atomic mass is 16.3. The van der Waals surface area contributed by atoms with Crippen LogP contribution in [0.25, 0.3) is 22.8 Å². The average Bonchev–Trinajstić information content (AvgIpc) is 3.01. The molecule has 0 aliphatic carbocycles. The molecule has 0 spiro atoms. The first-order valence-electron chi connectivity index (χ1n) is 7.47. The van der Waals surface area contributed by atoms with E-state index in [2.05, 4.69) is 20.3 Å². The molecule has 7 heteroatoms. The zero-order chi connectivity index (χ0) is 16.7. The highest BCUT2D eigenvalue weighted by Gasteiger charge is 2.20. The maximum Gasteiger partial charge on any atom is 0.253 e. The third kappa shape index (κ3) is 2.36. The summed E-state index contributed by atoms with van der Waals surface area (Å²) in [6.07, 6.45) is 2.33. The molecule has 4 rings (SSSR count). The highest BCUT2D eigenvalue weighted by Crippen LogP contribution is 2.31. The Hall–Kier alpha value is -3.35. The van der Waals surface area contributed by atoms with Gasteiger partial charge in [0.15, 0.2) is 5.82 Å². The maximum absolute atomic E-state index is 11.9. The van der Waals surface area contributed by atoms with E-state index in [1.54, 1.807) is 24.4 Å². The number of carbonyl (C=O) groups is 1. The molecule has 0 bridgehead atoms. The van der Waals surface area contributed by atoms with Crippen molar-refractivity contribution in [1.29, 1.82) is 0 Å². The number of nitrogens with zero attached hydrogens (tertiary/aromatic N) is 2. The number of carbonyl (C=O) groups excluding carboxylic acids is 1. The molecule has 0 fully saturated rings. The van der Waals surface area contributed by atoms with Gasteiger partial charge < -0.3 is 20.5 Å². The second-order valence-electron chi connectivity index (χ2n) is 5.55. The number of aromatic amines is 1. The van der Waals surface area contributed by atoms with Crippen LogP contribution >= 0.6 is 0 Å². The van der Waals surface area contributed by atoms with E-state index in [4.69, 9.17) is 0 Å². The van der Waals surface area contributed by atoms with Crippen molar-refractivity contribution in [2.24, 2.45) is 0 Å². The van der Waals surface area contributed by atoms with Crippen molar-refractivity contribution in [1.82, 2.24) is 20.3 Å². The molecule has 1 amide bonds. The quantitative estimate of drug-likeness (QED) is 0.575. The fourth-order valence-electron chi connectivity index (χ4n) is 2.78. The molecule has 7 nitrogen and oxygen atoms in total. The van der Waals surface area contributed by atoms with Crippen molar-refractivity contribution in [2.75, 3.05) is 6.54 Å². The molecule has 1 aliphatic rings. The molecular formula is C17H14N4O3. The van der Waals surface area contributed by atoms with Crippen molar-refractivity contribution in [3.05, 3.63) is 47.8 Å². The van der Waals surface area contributed by atoms with Crippen molar-refractivity contribution in [3.8, 4) is 34.3 Å². The third-order valence-electron chi connectivity index (χ3n) is 3.96. The number of fused-ring (bicyclic) bond motifs is 1. The van der Waals surface area contributed by atoms with Gasteiger partial charge in [-0.1, -0.05) is 0 Å². The van der Waals surface area contributed by atoms with E-state index in [9.17, 15) is 15.0 Å². The van der Waals surface area contributed by atoms with Crippen LogP contribution in [0.5, 0.6) is 11.5 Å². The first-order chi connectivity index (χ1) is 11.6. The summed E-state index contributed by atoms with van der Waals surface area (Å²) in [6.45, 7) is 0.613. The van der Waals surface area contributed by atoms with E-state index in [-0.39, 0.29) is 17.4 Å². The van der Waals surface area contributed by atoms with E-state index < -0.39 is 0 Å². The second-order valence-corrected chi connectivity index (χ2v) is 5.55. The number of benzene rings is 1. The topological polar surface area (TPSA) is 111 Å². The van der Waals surface area contributed by atoms with Crippen molar-refractivity contribution >= 4 is 5.91 Å². The summed E-state index contributed by atoms with van der Waals surface area (Å²) in [4.78, 5) is 23.7. The average molecular weight is 322 g/mol. The molecule has 120 valence electrons. The molecule has 1 aromatic carbocycles. The van der Waals surface area contributed by atoms with Gasteiger partial charge in [0, 0.05) is 30.9 Å². The summed E-state index contributed by atoms with van der Waals surface area (Å²) in [5.41, 5.74) is 3.28. The number of hydrogen-bond acceptors (Lipinski definition) is 5. The van der Waals surface area contributed by atoms with Gasteiger partial charge in [0.05, 0.1) is 22.5 Å². The lowest BCUT2D eigenvalue weighted by atomic mass is 10.1. The number of H-pyrrole nitrogens is 1. The van der Waals surface area contributed by atoms with Crippen molar-refractivity contribution < 1.29 is 15.0 Å². The molecule has 0 unspecified atom stereocenters. The Morgan fingerprint density at radius 3 is 2.75 bits per heavy atom. The SMILES string of the molecule is O=C1NCCc2[nH]c(-c3ccnc(-c4ccc(O)cc4O)n3)cc21. The van der Waals surface area contributed by atoms with Gasteiger partial charge in [0.25, 0.3) is 5.91 Å². The Kier molecular flexibility index (Phi) is 3.19. The minimum absolute atomic E-state index is 0.0320. The van der Waals surface area contributed by atoms with Gasteiger partial charge in [-0.3, -0.25) is 4.79 Å². The summed E-state index contributed by atoms with van der Waals surface area (Å²) < 4.78 is 0. The van der Waals surface area contributed by atoms with E-state index in [1.165, 1.54) is 12.1 Å². The standard InChI is InChI=1S/C17H14N4O3/c22-9-1-2-10(15(23)7-9)16-18-5-4-13(21-16)14-8-11-12(20-14)3-6-19-17(11)24/h1-2,4-5,7-8,20,22-23H,3,6H2,(H,19,24). The Morgan fingerprint density at radius 1 is 1.08 bits per heavy atom. The summed E-state index contributed by atoms with van der Waals surface area (Å²) in [5.74, 6) is 0.110. The maximum atomic E-state index is 11.9. The van der Waals surface area contributed by atoms with E-state index in [0.29, 0.717) is 29.2 Å². The van der Waals surface area contributed by atoms with Crippen LogP contribution in [0.3, 0.4) is 0 Å². The first-order valence-corrected chi connectivity index (χ1v) is 7.47. The lowest BCUT2D eigenvalue weighted by Crippen LogP contribution is -2.31. The fourth-order valence-corrected chi connectivity index (χ4v) is 2.78.